The van der Waals surface area contributed by atoms with Gasteiger partial charge in [-0.05, 0) is 29.3 Å². The van der Waals surface area contributed by atoms with E-state index in [9.17, 15) is 13.2 Å². The van der Waals surface area contributed by atoms with Gasteiger partial charge in [0.05, 0.1) is 18.9 Å². The third kappa shape index (κ3) is 3.12. The Morgan fingerprint density at radius 2 is 1.77 bits per heavy atom. The van der Waals surface area contributed by atoms with Crippen LogP contribution in [0, 0.1) is 17.5 Å². The van der Waals surface area contributed by atoms with Gasteiger partial charge in [-0.3, -0.25) is 4.98 Å². The Bertz CT molecular complexity index is 955. The fourth-order valence-corrected chi connectivity index (χ4v) is 3.37. The second kappa shape index (κ2) is 6.96. The minimum atomic E-state index is -0.879. The molecule has 0 atom stereocenters. The Balaban J connectivity index is 1.83. The molecule has 2 heterocycles. The monoisotopic (exact) mass is 358 g/mol. The van der Waals surface area contributed by atoms with Crippen LogP contribution in [0.1, 0.15) is 11.1 Å². The molecule has 1 aromatic heterocycles. The molecule has 3 aromatic rings. The quantitative estimate of drug-likeness (QED) is 0.705. The number of hydrogen-bond acceptors (Lipinski definition) is 3. The molecular formula is C20H17F3N2O. The average Bonchev–Trinajstić information content (AvgIpc) is 2.65. The van der Waals surface area contributed by atoms with Crippen molar-refractivity contribution < 1.29 is 17.9 Å². The molecule has 0 bridgehead atoms. The number of halogens is 3. The average molecular weight is 358 g/mol. The lowest BCUT2D eigenvalue weighted by Crippen LogP contribution is -2.37. The smallest absolute Gasteiger partial charge is 0.159 e. The van der Waals surface area contributed by atoms with Crippen LogP contribution in [-0.2, 0) is 11.2 Å². The third-order valence-electron chi connectivity index (χ3n) is 4.60. The summed E-state index contributed by atoms with van der Waals surface area (Å²) in [4.78, 5) is 6.41. The van der Waals surface area contributed by atoms with Gasteiger partial charge in [0.25, 0.3) is 0 Å². The van der Waals surface area contributed by atoms with Crippen LogP contribution < -0.4 is 4.90 Å². The van der Waals surface area contributed by atoms with Crippen molar-refractivity contribution in [1.29, 1.82) is 0 Å². The van der Waals surface area contributed by atoms with Crippen molar-refractivity contribution >= 4 is 16.6 Å². The number of hydrogen-bond donors (Lipinski definition) is 0. The maximum Gasteiger partial charge on any atom is 0.159 e. The van der Waals surface area contributed by atoms with E-state index in [1.807, 2.05) is 6.07 Å². The fourth-order valence-electron chi connectivity index (χ4n) is 3.37. The summed E-state index contributed by atoms with van der Waals surface area (Å²) < 4.78 is 46.4. The van der Waals surface area contributed by atoms with Gasteiger partial charge in [-0.25, -0.2) is 13.2 Å². The van der Waals surface area contributed by atoms with Gasteiger partial charge in [0.1, 0.15) is 11.3 Å². The van der Waals surface area contributed by atoms with E-state index in [0.29, 0.717) is 49.2 Å². The Kier molecular flexibility index (Phi) is 4.51. The molecule has 4 rings (SSSR count). The van der Waals surface area contributed by atoms with Crippen LogP contribution >= 0.6 is 0 Å². The van der Waals surface area contributed by atoms with Crippen molar-refractivity contribution in [3.63, 3.8) is 0 Å². The number of nitrogens with zero attached hydrogens (tertiary/aromatic N) is 2. The van der Waals surface area contributed by atoms with Crippen molar-refractivity contribution in [3.05, 3.63) is 71.2 Å². The van der Waals surface area contributed by atoms with Crippen molar-refractivity contribution in [1.82, 2.24) is 4.98 Å². The van der Waals surface area contributed by atoms with E-state index in [4.69, 9.17) is 4.74 Å². The normalized spacial score (nSPS) is 14.8. The van der Waals surface area contributed by atoms with E-state index in [2.05, 4.69) is 9.88 Å². The number of pyridine rings is 1. The first-order chi connectivity index (χ1) is 12.6. The summed E-state index contributed by atoms with van der Waals surface area (Å²) in [5.41, 5.74) is 2.66. The van der Waals surface area contributed by atoms with Gasteiger partial charge in [-0.1, -0.05) is 18.2 Å². The molecule has 1 saturated heterocycles. The largest absolute Gasteiger partial charge is 0.378 e. The maximum absolute atomic E-state index is 14.2. The van der Waals surface area contributed by atoms with E-state index in [1.54, 1.807) is 18.3 Å². The first-order valence-electron chi connectivity index (χ1n) is 8.46. The summed E-state index contributed by atoms with van der Waals surface area (Å²) in [6.45, 7) is 2.54. The van der Waals surface area contributed by atoms with E-state index >= 15 is 0 Å². The number of anilines is 1. The van der Waals surface area contributed by atoms with Crippen molar-refractivity contribution in [3.8, 4) is 0 Å². The summed E-state index contributed by atoms with van der Waals surface area (Å²) in [7, 11) is 0. The summed E-state index contributed by atoms with van der Waals surface area (Å²) in [6.07, 6.45) is 2.00. The topological polar surface area (TPSA) is 25.4 Å². The van der Waals surface area contributed by atoms with E-state index in [-0.39, 0.29) is 5.82 Å². The highest BCUT2D eigenvalue weighted by Crippen LogP contribution is 2.33. The first kappa shape index (κ1) is 16.8. The molecule has 0 radical (unpaired) electrons. The molecule has 0 amide bonds. The molecule has 1 aliphatic heterocycles. The minimum Gasteiger partial charge on any atom is -0.378 e. The van der Waals surface area contributed by atoms with Gasteiger partial charge < -0.3 is 9.64 Å². The Morgan fingerprint density at radius 3 is 2.54 bits per heavy atom. The number of ether oxygens (including phenoxy) is 1. The van der Waals surface area contributed by atoms with Crippen molar-refractivity contribution in [2.24, 2.45) is 0 Å². The summed E-state index contributed by atoms with van der Waals surface area (Å²) >= 11 is 0. The molecule has 0 N–H and O–H groups in total. The molecule has 0 saturated carbocycles. The first-order valence-corrected chi connectivity index (χ1v) is 8.46. The Morgan fingerprint density at radius 1 is 0.962 bits per heavy atom. The predicted octanol–water partition coefficient (Wildman–Crippen LogP) is 4.08. The highest BCUT2D eigenvalue weighted by atomic mass is 19.2. The standard InChI is InChI=1S/C20H17F3N2O/c21-16-5-4-13(11-18(16)23)10-14-12-24-19-15(2-1-3-17(19)22)20(14)25-6-8-26-9-7-25/h1-5,11-12H,6-10H2. The van der Waals surface area contributed by atoms with Crippen LogP contribution in [0.2, 0.25) is 0 Å². The molecule has 26 heavy (non-hydrogen) atoms. The predicted molar refractivity (Wildman–Crippen MR) is 93.9 cm³/mol. The number of rotatable bonds is 3. The molecule has 0 spiro atoms. The number of benzene rings is 2. The van der Waals surface area contributed by atoms with Gasteiger partial charge in [0.15, 0.2) is 11.6 Å². The van der Waals surface area contributed by atoms with Crippen LogP contribution in [0.3, 0.4) is 0 Å². The molecule has 2 aromatic carbocycles. The van der Waals surface area contributed by atoms with E-state index < -0.39 is 11.6 Å². The zero-order valence-electron chi connectivity index (χ0n) is 14.0. The van der Waals surface area contributed by atoms with Crippen LogP contribution in [0.4, 0.5) is 18.9 Å². The summed E-state index contributed by atoms with van der Waals surface area (Å²) in [5, 5.41) is 0.715. The van der Waals surface area contributed by atoms with Gasteiger partial charge in [0.2, 0.25) is 0 Å². The van der Waals surface area contributed by atoms with E-state index in [1.165, 1.54) is 12.1 Å². The zero-order valence-corrected chi connectivity index (χ0v) is 14.0. The molecule has 134 valence electrons. The van der Waals surface area contributed by atoms with Crippen molar-refractivity contribution in [2.75, 3.05) is 31.2 Å². The number of para-hydroxylation sites is 1. The fraction of sp³-hybridized carbons (Fsp3) is 0.250. The van der Waals surface area contributed by atoms with Crippen molar-refractivity contribution in [2.45, 2.75) is 6.42 Å². The molecule has 0 unspecified atom stereocenters. The molecular weight excluding hydrogens is 341 g/mol. The van der Waals surface area contributed by atoms with Crippen LogP contribution in [-0.4, -0.2) is 31.3 Å². The molecule has 3 nitrogen and oxygen atoms in total. The molecule has 6 heteroatoms. The van der Waals surface area contributed by atoms with Crippen LogP contribution in [0.5, 0.6) is 0 Å². The second-order valence-corrected chi connectivity index (χ2v) is 6.29. The van der Waals surface area contributed by atoms with Gasteiger partial charge in [0, 0.05) is 31.1 Å². The Hall–Kier alpha value is -2.60. The highest BCUT2D eigenvalue weighted by molar-refractivity contribution is 5.93. The summed E-state index contributed by atoms with van der Waals surface area (Å²) in [5.74, 6) is -2.13. The lowest BCUT2D eigenvalue weighted by molar-refractivity contribution is 0.123. The minimum absolute atomic E-state index is 0.308. The lowest BCUT2D eigenvalue weighted by Gasteiger charge is -2.31. The number of fused-ring (bicyclic) bond motifs is 1. The number of morpholine rings is 1. The molecule has 0 aliphatic carbocycles. The molecule has 1 aliphatic rings. The zero-order chi connectivity index (χ0) is 18.1. The maximum atomic E-state index is 14.2. The lowest BCUT2D eigenvalue weighted by atomic mass is 10.0. The second-order valence-electron chi connectivity index (χ2n) is 6.29. The summed E-state index contributed by atoms with van der Waals surface area (Å²) in [6, 6.07) is 8.74. The van der Waals surface area contributed by atoms with E-state index in [0.717, 1.165) is 17.3 Å². The van der Waals surface area contributed by atoms with Crippen LogP contribution in [0.15, 0.2) is 42.6 Å². The van der Waals surface area contributed by atoms with Gasteiger partial charge in [-0.2, -0.15) is 0 Å². The van der Waals surface area contributed by atoms with Gasteiger partial charge in [-0.15, -0.1) is 0 Å². The molecule has 1 fully saturated rings. The number of aromatic nitrogens is 1. The third-order valence-corrected chi connectivity index (χ3v) is 4.60. The highest BCUT2D eigenvalue weighted by Gasteiger charge is 2.20. The SMILES string of the molecule is Fc1ccc(Cc2cnc3c(F)cccc3c2N2CCOCC2)cc1F. The van der Waals surface area contributed by atoms with Gasteiger partial charge >= 0.3 is 0 Å². The Labute approximate surface area is 149 Å². The van der Waals surface area contributed by atoms with Crippen LogP contribution in [0.25, 0.3) is 10.9 Å².